The molecule has 1 saturated carbocycles. The fraction of sp³-hybridized carbons (Fsp3) is 1.00. The number of rotatable bonds is 1. The highest BCUT2D eigenvalue weighted by molar-refractivity contribution is 5.09. The largest absolute Gasteiger partial charge is 0.308 e. The maximum atomic E-state index is 3.78. The molecule has 13 heavy (non-hydrogen) atoms. The molecule has 1 saturated heterocycles. The first-order valence-corrected chi connectivity index (χ1v) is 5.61. The van der Waals surface area contributed by atoms with Crippen LogP contribution >= 0.6 is 0 Å². The minimum Gasteiger partial charge on any atom is -0.308 e. The topological polar surface area (TPSA) is 24.1 Å². The molecule has 0 spiro atoms. The molecule has 0 aromatic carbocycles. The first kappa shape index (κ1) is 9.47. The maximum absolute atomic E-state index is 3.78. The smallest absolute Gasteiger partial charge is 0.0333 e. The van der Waals surface area contributed by atoms with E-state index in [9.17, 15) is 0 Å². The van der Waals surface area contributed by atoms with E-state index >= 15 is 0 Å². The van der Waals surface area contributed by atoms with Crippen LogP contribution in [0.3, 0.4) is 0 Å². The van der Waals surface area contributed by atoms with Crippen molar-refractivity contribution in [1.82, 2.24) is 10.6 Å². The predicted octanol–water partition coefficient (Wildman–Crippen LogP) is 1.66. The highest BCUT2D eigenvalue weighted by Crippen LogP contribution is 2.36. The number of nitrogens with one attached hydrogen (secondary N) is 2. The molecule has 0 radical (unpaired) electrons. The highest BCUT2D eigenvalue weighted by Gasteiger charge is 2.46. The van der Waals surface area contributed by atoms with Crippen molar-refractivity contribution in [1.29, 1.82) is 0 Å². The Morgan fingerprint density at radius 3 is 2.85 bits per heavy atom. The summed E-state index contributed by atoms with van der Waals surface area (Å²) in [5.74, 6) is 0. The van der Waals surface area contributed by atoms with Crippen molar-refractivity contribution in [2.45, 2.75) is 63.6 Å². The fourth-order valence-electron chi connectivity index (χ4n) is 2.96. The number of piperazine rings is 1. The van der Waals surface area contributed by atoms with E-state index in [0.717, 1.165) is 6.54 Å². The first-order valence-electron chi connectivity index (χ1n) is 5.61. The van der Waals surface area contributed by atoms with Crippen molar-refractivity contribution in [3.8, 4) is 0 Å². The third kappa shape index (κ3) is 1.50. The third-order valence-electron chi connectivity index (χ3n) is 3.86. The van der Waals surface area contributed by atoms with E-state index in [-0.39, 0.29) is 5.54 Å². The molecular formula is C11H22N2. The summed E-state index contributed by atoms with van der Waals surface area (Å²) in [5, 5.41) is 7.56. The van der Waals surface area contributed by atoms with Crippen LogP contribution in [0, 0.1) is 0 Å². The van der Waals surface area contributed by atoms with Gasteiger partial charge in [0.15, 0.2) is 0 Å². The van der Waals surface area contributed by atoms with Gasteiger partial charge in [-0.25, -0.2) is 0 Å². The van der Waals surface area contributed by atoms with Gasteiger partial charge in [-0.05, 0) is 39.5 Å². The molecule has 1 heterocycles. The minimum absolute atomic E-state index is 0.285. The molecular weight excluding hydrogens is 160 g/mol. The van der Waals surface area contributed by atoms with Crippen molar-refractivity contribution in [2.24, 2.45) is 0 Å². The lowest BCUT2D eigenvalue weighted by Gasteiger charge is -2.48. The van der Waals surface area contributed by atoms with Crippen molar-refractivity contribution in [2.75, 3.05) is 6.54 Å². The molecule has 2 heteroatoms. The Kier molecular flexibility index (Phi) is 2.16. The Morgan fingerprint density at radius 2 is 2.15 bits per heavy atom. The van der Waals surface area contributed by atoms with Crippen molar-refractivity contribution in [3.63, 3.8) is 0 Å². The van der Waals surface area contributed by atoms with Gasteiger partial charge in [-0.2, -0.15) is 0 Å². The van der Waals surface area contributed by atoms with Crippen LogP contribution in [0.5, 0.6) is 0 Å². The molecule has 2 aliphatic rings. The normalized spacial score (nSPS) is 43.2. The highest BCUT2D eigenvalue weighted by atomic mass is 15.2. The van der Waals surface area contributed by atoms with Crippen molar-refractivity contribution in [3.05, 3.63) is 0 Å². The zero-order chi connectivity index (χ0) is 9.53. The molecule has 1 aliphatic carbocycles. The van der Waals surface area contributed by atoms with Crippen LogP contribution in [-0.4, -0.2) is 23.7 Å². The lowest BCUT2D eigenvalue weighted by molar-refractivity contribution is 0.144. The second-order valence-electron chi connectivity index (χ2n) is 5.34. The van der Waals surface area contributed by atoms with Gasteiger partial charge in [0.1, 0.15) is 0 Å². The standard InChI is InChI=1S/C11H22N2/c1-4-11-7-5-6-9(11)13-10(2,3)8-12-11/h9,12-13H,4-8H2,1-3H3/t9-,11+/m0/s1. The van der Waals surface area contributed by atoms with Crippen LogP contribution in [0.4, 0.5) is 0 Å². The Labute approximate surface area is 81.5 Å². The zero-order valence-electron chi connectivity index (χ0n) is 9.11. The minimum atomic E-state index is 0.285. The average molecular weight is 182 g/mol. The summed E-state index contributed by atoms with van der Waals surface area (Å²) in [6.45, 7) is 8.00. The summed E-state index contributed by atoms with van der Waals surface area (Å²) in [6.07, 6.45) is 5.36. The van der Waals surface area contributed by atoms with Crippen molar-refractivity contribution >= 4 is 0 Å². The van der Waals surface area contributed by atoms with E-state index in [0.29, 0.717) is 11.6 Å². The number of hydrogen-bond acceptors (Lipinski definition) is 2. The van der Waals surface area contributed by atoms with Crippen LogP contribution in [0.1, 0.15) is 46.5 Å². The molecule has 0 amide bonds. The molecule has 2 atom stereocenters. The third-order valence-corrected chi connectivity index (χ3v) is 3.86. The first-order chi connectivity index (χ1) is 6.08. The van der Waals surface area contributed by atoms with E-state index < -0.39 is 0 Å². The van der Waals surface area contributed by atoms with Gasteiger partial charge in [-0.15, -0.1) is 0 Å². The van der Waals surface area contributed by atoms with E-state index in [1.807, 2.05) is 0 Å². The van der Waals surface area contributed by atoms with Gasteiger partial charge in [0.05, 0.1) is 0 Å². The summed E-state index contributed by atoms with van der Waals surface area (Å²) in [4.78, 5) is 0. The lowest BCUT2D eigenvalue weighted by atomic mass is 9.84. The fourth-order valence-corrected chi connectivity index (χ4v) is 2.96. The van der Waals surface area contributed by atoms with E-state index in [4.69, 9.17) is 0 Å². The second-order valence-corrected chi connectivity index (χ2v) is 5.34. The van der Waals surface area contributed by atoms with Gasteiger partial charge in [0, 0.05) is 23.7 Å². The average Bonchev–Trinajstić information content (AvgIpc) is 2.46. The Hall–Kier alpha value is -0.0800. The molecule has 0 aromatic rings. The van der Waals surface area contributed by atoms with Gasteiger partial charge in [0.2, 0.25) is 0 Å². The maximum Gasteiger partial charge on any atom is 0.0333 e. The number of hydrogen-bond donors (Lipinski definition) is 2. The van der Waals surface area contributed by atoms with Gasteiger partial charge >= 0.3 is 0 Å². The lowest BCUT2D eigenvalue weighted by Crippen LogP contribution is -2.70. The Balaban J connectivity index is 2.14. The van der Waals surface area contributed by atoms with Crippen LogP contribution < -0.4 is 10.6 Å². The van der Waals surface area contributed by atoms with Crippen LogP contribution in [0.15, 0.2) is 0 Å². The summed E-state index contributed by atoms with van der Waals surface area (Å²) in [5.41, 5.74) is 0.712. The van der Waals surface area contributed by atoms with Crippen LogP contribution in [0.2, 0.25) is 0 Å². The quantitative estimate of drug-likeness (QED) is 0.644. The molecule has 76 valence electrons. The van der Waals surface area contributed by atoms with Crippen LogP contribution in [0.25, 0.3) is 0 Å². The molecule has 2 N–H and O–H groups in total. The molecule has 1 aliphatic heterocycles. The Morgan fingerprint density at radius 1 is 1.38 bits per heavy atom. The summed E-state index contributed by atoms with van der Waals surface area (Å²) in [7, 11) is 0. The van der Waals surface area contributed by atoms with E-state index in [2.05, 4.69) is 31.4 Å². The van der Waals surface area contributed by atoms with Gasteiger partial charge < -0.3 is 10.6 Å². The molecule has 2 nitrogen and oxygen atoms in total. The monoisotopic (exact) mass is 182 g/mol. The summed E-state index contributed by atoms with van der Waals surface area (Å²) >= 11 is 0. The van der Waals surface area contributed by atoms with E-state index in [1.165, 1.54) is 25.7 Å². The van der Waals surface area contributed by atoms with Crippen molar-refractivity contribution < 1.29 is 0 Å². The van der Waals surface area contributed by atoms with E-state index in [1.54, 1.807) is 0 Å². The molecule has 2 fully saturated rings. The molecule has 2 rings (SSSR count). The van der Waals surface area contributed by atoms with Gasteiger partial charge in [-0.1, -0.05) is 6.92 Å². The molecule has 0 unspecified atom stereocenters. The molecule has 0 bridgehead atoms. The summed E-state index contributed by atoms with van der Waals surface area (Å²) in [6, 6.07) is 0.709. The summed E-state index contributed by atoms with van der Waals surface area (Å²) < 4.78 is 0. The number of fused-ring (bicyclic) bond motifs is 1. The second kappa shape index (κ2) is 2.96. The zero-order valence-corrected chi connectivity index (χ0v) is 9.11. The Bertz CT molecular complexity index is 200. The van der Waals surface area contributed by atoms with Crippen LogP contribution in [-0.2, 0) is 0 Å². The predicted molar refractivity (Wildman–Crippen MR) is 55.9 cm³/mol. The molecule has 0 aromatic heterocycles. The van der Waals surface area contributed by atoms with Gasteiger partial charge in [0.25, 0.3) is 0 Å². The van der Waals surface area contributed by atoms with Gasteiger partial charge in [-0.3, -0.25) is 0 Å². The SMILES string of the molecule is CC[C@@]12CCC[C@@H]1NC(C)(C)CN2.